The van der Waals surface area contributed by atoms with Crippen LogP contribution in [0.1, 0.15) is 25.1 Å². The Hall–Kier alpha value is -1.31. The van der Waals surface area contributed by atoms with Gasteiger partial charge in [0.15, 0.2) is 0 Å². The van der Waals surface area contributed by atoms with Gasteiger partial charge in [0.05, 0.1) is 18.0 Å². The van der Waals surface area contributed by atoms with Crippen molar-refractivity contribution in [2.24, 2.45) is 0 Å². The molecule has 13 heavy (non-hydrogen) atoms. The summed E-state index contributed by atoms with van der Waals surface area (Å²) in [6.45, 7) is 8.17. The van der Waals surface area contributed by atoms with Gasteiger partial charge in [0, 0.05) is 5.69 Å². The molecule has 2 heterocycles. The molecular weight excluding hydrogens is 160 g/mol. The van der Waals surface area contributed by atoms with Crippen LogP contribution in [0.2, 0.25) is 0 Å². The summed E-state index contributed by atoms with van der Waals surface area (Å²) in [5.74, 6) is 0. The van der Waals surface area contributed by atoms with Crippen molar-refractivity contribution in [3.63, 3.8) is 0 Å². The first-order chi connectivity index (χ1) is 6.29. The highest BCUT2D eigenvalue weighted by Crippen LogP contribution is 2.10. The molecule has 0 N–H and O–H groups in total. The van der Waals surface area contributed by atoms with Crippen LogP contribution in [0.4, 0.5) is 0 Å². The van der Waals surface area contributed by atoms with Crippen LogP contribution < -0.4 is 0 Å². The van der Waals surface area contributed by atoms with Crippen LogP contribution in [-0.4, -0.2) is 9.38 Å². The Morgan fingerprint density at radius 1 is 1.15 bits per heavy atom. The molecule has 2 aromatic heterocycles. The Morgan fingerprint density at radius 3 is 2.46 bits per heavy atom. The molecule has 0 saturated carbocycles. The lowest BCUT2D eigenvalue weighted by Gasteiger charge is -2.00. The number of rotatable bonds is 0. The van der Waals surface area contributed by atoms with Crippen LogP contribution in [-0.2, 0) is 0 Å². The van der Waals surface area contributed by atoms with Crippen molar-refractivity contribution < 1.29 is 0 Å². The first-order valence-electron chi connectivity index (χ1n) is 4.67. The maximum atomic E-state index is 4.09. The third kappa shape index (κ3) is 1.72. The van der Waals surface area contributed by atoms with Crippen molar-refractivity contribution in [2.45, 2.75) is 27.7 Å². The molecule has 0 aliphatic carbocycles. The van der Waals surface area contributed by atoms with Crippen molar-refractivity contribution >= 4 is 5.52 Å². The van der Waals surface area contributed by atoms with Crippen LogP contribution in [0.25, 0.3) is 5.52 Å². The predicted octanol–water partition coefficient (Wildman–Crippen LogP) is 2.98. The van der Waals surface area contributed by atoms with Crippen LogP contribution in [0.5, 0.6) is 0 Å². The number of nitrogens with zero attached hydrogens (tertiary/aromatic N) is 2. The molecule has 0 amide bonds. The highest BCUT2D eigenvalue weighted by Gasteiger charge is 1.97. The first-order valence-corrected chi connectivity index (χ1v) is 4.67. The summed E-state index contributed by atoms with van der Waals surface area (Å²) >= 11 is 0. The molecule has 0 spiro atoms. The van der Waals surface area contributed by atoms with E-state index in [0.717, 1.165) is 0 Å². The van der Waals surface area contributed by atoms with Crippen molar-refractivity contribution in [2.75, 3.05) is 0 Å². The average molecular weight is 176 g/mol. The van der Waals surface area contributed by atoms with Gasteiger partial charge in [-0.15, -0.1) is 0 Å². The molecule has 0 aliphatic heterocycles. The highest BCUT2D eigenvalue weighted by molar-refractivity contribution is 5.53. The number of fused-ring (bicyclic) bond motifs is 1. The molecule has 0 radical (unpaired) electrons. The SMILES string of the molecule is CC.Cc1ccc(C)n2cncc12. The molecule has 0 unspecified atom stereocenters. The fraction of sp³-hybridized carbons (Fsp3) is 0.364. The molecule has 2 nitrogen and oxygen atoms in total. The van der Waals surface area contributed by atoms with Crippen molar-refractivity contribution in [3.8, 4) is 0 Å². The summed E-state index contributed by atoms with van der Waals surface area (Å²) < 4.78 is 2.09. The van der Waals surface area contributed by atoms with E-state index in [1.807, 2.05) is 26.4 Å². The van der Waals surface area contributed by atoms with Crippen molar-refractivity contribution in [1.82, 2.24) is 9.38 Å². The van der Waals surface area contributed by atoms with E-state index in [-0.39, 0.29) is 0 Å². The van der Waals surface area contributed by atoms with Crippen LogP contribution >= 0.6 is 0 Å². The van der Waals surface area contributed by atoms with E-state index in [9.17, 15) is 0 Å². The molecule has 0 aromatic carbocycles. The van der Waals surface area contributed by atoms with Gasteiger partial charge in [0.1, 0.15) is 0 Å². The second-order valence-corrected chi connectivity index (χ2v) is 2.81. The topological polar surface area (TPSA) is 17.3 Å². The number of aromatic nitrogens is 2. The minimum absolute atomic E-state index is 1.20. The number of pyridine rings is 1. The fourth-order valence-electron chi connectivity index (χ4n) is 1.28. The Bertz CT molecular complexity index is 352. The van der Waals surface area contributed by atoms with Crippen molar-refractivity contribution in [1.29, 1.82) is 0 Å². The Morgan fingerprint density at radius 2 is 1.85 bits per heavy atom. The second-order valence-electron chi connectivity index (χ2n) is 2.81. The molecule has 2 rings (SSSR count). The zero-order valence-corrected chi connectivity index (χ0v) is 8.70. The third-order valence-corrected chi connectivity index (χ3v) is 2.00. The van der Waals surface area contributed by atoms with E-state index in [1.54, 1.807) is 0 Å². The van der Waals surface area contributed by atoms with Crippen molar-refractivity contribution in [3.05, 3.63) is 35.9 Å². The van der Waals surface area contributed by atoms with Gasteiger partial charge in [-0.1, -0.05) is 19.9 Å². The lowest BCUT2D eigenvalue weighted by molar-refractivity contribution is 1.07. The van der Waals surface area contributed by atoms with Crippen LogP contribution in [0, 0.1) is 13.8 Å². The predicted molar refractivity (Wildman–Crippen MR) is 56.0 cm³/mol. The van der Waals surface area contributed by atoms with E-state index >= 15 is 0 Å². The zero-order valence-electron chi connectivity index (χ0n) is 8.70. The minimum atomic E-state index is 1.20. The van der Waals surface area contributed by atoms with E-state index in [0.29, 0.717) is 0 Å². The standard InChI is InChI=1S/C9H10N2.C2H6/c1-7-3-4-8(2)11-6-10-5-9(7)11;1-2/h3-6H,1-2H3;1-2H3. The van der Waals surface area contributed by atoms with Gasteiger partial charge in [0.25, 0.3) is 0 Å². The summed E-state index contributed by atoms with van der Waals surface area (Å²) in [7, 11) is 0. The van der Waals surface area contributed by atoms with Gasteiger partial charge in [-0.3, -0.25) is 0 Å². The van der Waals surface area contributed by atoms with Gasteiger partial charge >= 0.3 is 0 Å². The Balaban J connectivity index is 0.000000396. The average Bonchev–Trinajstić information content (AvgIpc) is 2.64. The van der Waals surface area contributed by atoms with Gasteiger partial charge < -0.3 is 4.40 Å². The molecule has 2 aromatic rings. The minimum Gasteiger partial charge on any atom is -0.303 e. The summed E-state index contributed by atoms with van der Waals surface area (Å²) in [5, 5.41) is 0. The largest absolute Gasteiger partial charge is 0.303 e. The quantitative estimate of drug-likeness (QED) is 0.603. The molecular formula is C11H16N2. The summed E-state index contributed by atoms with van der Waals surface area (Å²) in [6, 6.07) is 4.22. The van der Waals surface area contributed by atoms with Crippen LogP contribution in [0.15, 0.2) is 24.7 Å². The summed E-state index contributed by atoms with van der Waals surface area (Å²) in [6.07, 6.45) is 3.74. The van der Waals surface area contributed by atoms with E-state index in [1.165, 1.54) is 16.8 Å². The molecule has 0 saturated heterocycles. The van der Waals surface area contributed by atoms with Gasteiger partial charge in [-0.25, -0.2) is 4.98 Å². The lowest BCUT2D eigenvalue weighted by atomic mass is 10.2. The molecule has 0 fully saturated rings. The number of hydrogen-bond donors (Lipinski definition) is 0. The second kappa shape index (κ2) is 4.08. The third-order valence-electron chi connectivity index (χ3n) is 2.00. The van der Waals surface area contributed by atoms with E-state index < -0.39 is 0 Å². The number of hydrogen-bond acceptors (Lipinski definition) is 1. The first kappa shape index (κ1) is 9.78. The lowest BCUT2D eigenvalue weighted by Crippen LogP contribution is -1.89. The highest BCUT2D eigenvalue weighted by atomic mass is 15.0. The van der Waals surface area contributed by atoms with Gasteiger partial charge in [-0.05, 0) is 25.5 Å². The molecule has 0 bridgehead atoms. The van der Waals surface area contributed by atoms with E-state index in [2.05, 4.69) is 35.4 Å². The maximum Gasteiger partial charge on any atom is 0.0994 e. The molecule has 0 aliphatic rings. The normalized spacial score (nSPS) is 9.54. The Labute approximate surface area is 79.2 Å². The van der Waals surface area contributed by atoms with Gasteiger partial charge in [-0.2, -0.15) is 0 Å². The maximum absolute atomic E-state index is 4.09. The zero-order chi connectivity index (χ0) is 9.84. The van der Waals surface area contributed by atoms with Gasteiger partial charge in [0.2, 0.25) is 0 Å². The van der Waals surface area contributed by atoms with Crippen LogP contribution in [0.3, 0.4) is 0 Å². The fourth-order valence-corrected chi connectivity index (χ4v) is 1.28. The number of imidazole rings is 1. The molecule has 70 valence electrons. The molecule has 0 atom stereocenters. The summed E-state index contributed by atoms with van der Waals surface area (Å²) in [5.41, 5.74) is 3.70. The smallest absolute Gasteiger partial charge is 0.0994 e. The summed E-state index contributed by atoms with van der Waals surface area (Å²) in [4.78, 5) is 4.09. The van der Waals surface area contributed by atoms with E-state index in [4.69, 9.17) is 0 Å². The Kier molecular flexibility index (Phi) is 3.07. The molecule has 2 heteroatoms. The monoisotopic (exact) mass is 176 g/mol. The number of aryl methyl sites for hydroxylation is 2.